The van der Waals surface area contributed by atoms with E-state index in [2.05, 4.69) is 35.9 Å². The summed E-state index contributed by atoms with van der Waals surface area (Å²) in [4.78, 5) is 24.9. The second-order valence-corrected chi connectivity index (χ2v) is 7.51. The molecule has 0 saturated carbocycles. The smallest absolute Gasteiger partial charge is 0.264 e. The normalized spacial score (nSPS) is 14.8. The molecule has 2 N–H and O–H groups in total. The average Bonchev–Trinajstić information content (AvgIpc) is 3.05. The molecule has 1 aliphatic rings. The number of morpholine rings is 1. The van der Waals surface area contributed by atoms with Gasteiger partial charge in [0, 0.05) is 24.0 Å². The maximum absolute atomic E-state index is 12.8. The predicted molar refractivity (Wildman–Crippen MR) is 103 cm³/mol. The van der Waals surface area contributed by atoms with Crippen LogP contribution in [0.15, 0.2) is 24.3 Å². The second-order valence-electron chi connectivity index (χ2n) is 6.48. The first-order valence-electron chi connectivity index (χ1n) is 8.54. The van der Waals surface area contributed by atoms with Crippen LogP contribution in [0.5, 0.6) is 0 Å². The molecule has 0 bridgehead atoms. The van der Waals surface area contributed by atoms with Crippen molar-refractivity contribution in [2.24, 2.45) is 0 Å². The van der Waals surface area contributed by atoms with Crippen LogP contribution in [0.25, 0.3) is 21.5 Å². The fourth-order valence-electron chi connectivity index (χ4n) is 3.25. The molecule has 1 fully saturated rings. The molecule has 2 aromatic heterocycles. The van der Waals surface area contributed by atoms with Gasteiger partial charge in [0.2, 0.25) is 5.95 Å². The zero-order valence-corrected chi connectivity index (χ0v) is 15.6. The number of anilines is 1. The van der Waals surface area contributed by atoms with Crippen LogP contribution < -0.4 is 5.73 Å². The first-order chi connectivity index (χ1) is 12.5. The molecule has 6 nitrogen and oxygen atoms in total. The highest BCUT2D eigenvalue weighted by Gasteiger charge is 2.22. The lowest BCUT2D eigenvalue weighted by Gasteiger charge is -2.26. The molecule has 1 aromatic carbocycles. The van der Waals surface area contributed by atoms with Gasteiger partial charge in [0.05, 0.1) is 23.8 Å². The van der Waals surface area contributed by atoms with Crippen molar-refractivity contribution in [1.82, 2.24) is 14.9 Å². The molecule has 0 spiro atoms. The summed E-state index contributed by atoms with van der Waals surface area (Å²) < 4.78 is 5.33. The van der Waals surface area contributed by atoms with Crippen molar-refractivity contribution < 1.29 is 9.53 Å². The number of fused-ring (bicyclic) bond motifs is 1. The number of hydrogen-bond acceptors (Lipinski definition) is 6. The molecule has 1 aliphatic heterocycles. The first-order valence-corrected chi connectivity index (χ1v) is 9.36. The number of carbonyl (C=O) groups is 1. The van der Waals surface area contributed by atoms with E-state index in [9.17, 15) is 4.79 Å². The standard InChI is InChI=1S/C19H20N4O2S/c1-11-3-4-13(12(2)9-11)16-14-10-15(26-17(14)22-19(20)21-16)18(24)23-5-7-25-8-6-23/h3-4,9-10H,5-8H2,1-2H3,(H2,20,21,22). The Morgan fingerprint density at radius 3 is 2.69 bits per heavy atom. The van der Waals surface area contributed by atoms with E-state index in [1.807, 2.05) is 17.0 Å². The van der Waals surface area contributed by atoms with Crippen LogP contribution in [0.3, 0.4) is 0 Å². The van der Waals surface area contributed by atoms with E-state index < -0.39 is 0 Å². The van der Waals surface area contributed by atoms with Gasteiger partial charge >= 0.3 is 0 Å². The highest BCUT2D eigenvalue weighted by atomic mass is 32.1. The van der Waals surface area contributed by atoms with Crippen LogP contribution in [-0.2, 0) is 4.74 Å². The minimum absolute atomic E-state index is 0.0152. The number of aryl methyl sites for hydroxylation is 2. The Balaban J connectivity index is 1.81. The number of thiophene rings is 1. The van der Waals surface area contributed by atoms with Crippen molar-refractivity contribution in [3.8, 4) is 11.3 Å². The van der Waals surface area contributed by atoms with Gasteiger partial charge in [-0.25, -0.2) is 9.97 Å². The number of nitrogen functional groups attached to an aromatic ring is 1. The lowest BCUT2D eigenvalue weighted by Crippen LogP contribution is -2.40. The molecule has 0 radical (unpaired) electrons. The van der Waals surface area contributed by atoms with E-state index in [1.165, 1.54) is 16.9 Å². The summed E-state index contributed by atoms with van der Waals surface area (Å²) in [7, 11) is 0. The SMILES string of the molecule is Cc1ccc(-c2nc(N)nc3sc(C(=O)N4CCOCC4)cc23)c(C)c1. The fourth-order valence-corrected chi connectivity index (χ4v) is 4.26. The van der Waals surface area contributed by atoms with E-state index in [0.29, 0.717) is 31.2 Å². The molecule has 0 unspecified atom stereocenters. The fraction of sp³-hybridized carbons (Fsp3) is 0.316. The lowest BCUT2D eigenvalue weighted by molar-refractivity contribution is 0.0306. The van der Waals surface area contributed by atoms with Gasteiger partial charge in [-0.15, -0.1) is 11.3 Å². The maximum atomic E-state index is 12.8. The molecule has 1 saturated heterocycles. The summed E-state index contributed by atoms with van der Waals surface area (Å²) in [6.07, 6.45) is 0. The zero-order valence-electron chi connectivity index (χ0n) is 14.8. The van der Waals surface area contributed by atoms with Gasteiger partial charge in [-0.2, -0.15) is 0 Å². The van der Waals surface area contributed by atoms with Gasteiger partial charge in [0.25, 0.3) is 5.91 Å². The molecule has 4 rings (SSSR count). The van der Waals surface area contributed by atoms with Gasteiger partial charge in [-0.3, -0.25) is 4.79 Å². The number of aromatic nitrogens is 2. The Labute approximate surface area is 155 Å². The molecule has 3 heterocycles. The lowest BCUT2D eigenvalue weighted by atomic mass is 10.0. The number of carbonyl (C=O) groups excluding carboxylic acids is 1. The van der Waals surface area contributed by atoms with Gasteiger partial charge < -0.3 is 15.4 Å². The van der Waals surface area contributed by atoms with Crippen molar-refractivity contribution in [3.05, 3.63) is 40.3 Å². The minimum Gasteiger partial charge on any atom is -0.378 e. The third-order valence-electron chi connectivity index (χ3n) is 4.56. The molecule has 134 valence electrons. The van der Waals surface area contributed by atoms with Crippen LogP contribution in [0.1, 0.15) is 20.8 Å². The van der Waals surface area contributed by atoms with Crippen LogP contribution in [0.2, 0.25) is 0 Å². The number of ether oxygens (including phenoxy) is 1. The van der Waals surface area contributed by atoms with E-state index in [4.69, 9.17) is 10.5 Å². The summed E-state index contributed by atoms with van der Waals surface area (Å²) in [5, 5.41) is 0.868. The van der Waals surface area contributed by atoms with Crippen LogP contribution in [-0.4, -0.2) is 47.1 Å². The Kier molecular flexibility index (Phi) is 4.34. The van der Waals surface area contributed by atoms with Gasteiger partial charge in [0.1, 0.15) is 4.83 Å². The summed E-state index contributed by atoms with van der Waals surface area (Å²) >= 11 is 1.37. The largest absolute Gasteiger partial charge is 0.378 e. The Hall–Kier alpha value is -2.51. The Morgan fingerprint density at radius 1 is 1.19 bits per heavy atom. The molecule has 0 aliphatic carbocycles. The molecule has 26 heavy (non-hydrogen) atoms. The molecular formula is C19H20N4O2S. The topological polar surface area (TPSA) is 81.3 Å². The van der Waals surface area contributed by atoms with Crippen molar-refractivity contribution in [3.63, 3.8) is 0 Å². The highest BCUT2D eigenvalue weighted by molar-refractivity contribution is 7.20. The van der Waals surface area contributed by atoms with Gasteiger partial charge in [0.15, 0.2) is 0 Å². The number of nitrogens with zero attached hydrogens (tertiary/aromatic N) is 3. The third kappa shape index (κ3) is 3.04. The minimum atomic E-state index is 0.0152. The molecule has 3 aromatic rings. The van der Waals surface area contributed by atoms with E-state index in [1.54, 1.807) is 0 Å². The van der Waals surface area contributed by atoms with Gasteiger partial charge in [-0.1, -0.05) is 23.8 Å². The van der Waals surface area contributed by atoms with Crippen molar-refractivity contribution in [1.29, 1.82) is 0 Å². The van der Waals surface area contributed by atoms with E-state index >= 15 is 0 Å². The Morgan fingerprint density at radius 2 is 1.96 bits per heavy atom. The number of amides is 1. The predicted octanol–water partition coefficient (Wildman–Crippen LogP) is 3.03. The van der Waals surface area contributed by atoms with Crippen LogP contribution >= 0.6 is 11.3 Å². The second kappa shape index (κ2) is 6.66. The van der Waals surface area contributed by atoms with Crippen molar-refractivity contribution in [2.45, 2.75) is 13.8 Å². The highest BCUT2D eigenvalue weighted by Crippen LogP contribution is 2.34. The Bertz CT molecular complexity index is 993. The first kappa shape index (κ1) is 16.9. The van der Waals surface area contributed by atoms with Crippen LogP contribution in [0.4, 0.5) is 5.95 Å². The molecule has 0 atom stereocenters. The number of rotatable bonds is 2. The van der Waals surface area contributed by atoms with E-state index in [-0.39, 0.29) is 11.9 Å². The van der Waals surface area contributed by atoms with Gasteiger partial charge in [-0.05, 0) is 25.5 Å². The quantitative estimate of drug-likeness (QED) is 0.752. The third-order valence-corrected chi connectivity index (χ3v) is 5.57. The molecule has 1 amide bonds. The molecule has 7 heteroatoms. The number of benzene rings is 1. The zero-order chi connectivity index (χ0) is 18.3. The summed E-state index contributed by atoms with van der Waals surface area (Å²) in [5.74, 6) is 0.237. The van der Waals surface area contributed by atoms with Crippen molar-refractivity contribution in [2.75, 3.05) is 32.0 Å². The average molecular weight is 368 g/mol. The van der Waals surface area contributed by atoms with Crippen molar-refractivity contribution >= 4 is 33.4 Å². The maximum Gasteiger partial charge on any atom is 0.264 e. The number of nitrogens with two attached hydrogens (primary N) is 1. The van der Waals surface area contributed by atoms with E-state index in [0.717, 1.165) is 27.0 Å². The van der Waals surface area contributed by atoms with Crippen LogP contribution in [0, 0.1) is 13.8 Å². The summed E-state index contributed by atoms with van der Waals surface area (Å²) in [6, 6.07) is 8.11. The summed E-state index contributed by atoms with van der Waals surface area (Å²) in [5.41, 5.74) is 10.0. The summed E-state index contributed by atoms with van der Waals surface area (Å²) in [6.45, 7) is 6.51. The molecular weight excluding hydrogens is 348 g/mol. The monoisotopic (exact) mass is 368 g/mol. The number of hydrogen-bond donors (Lipinski definition) is 1.